The minimum Gasteiger partial charge on any atom is -0.500 e. The Bertz CT molecular complexity index is 530. The Morgan fingerprint density at radius 3 is 3.06 bits per heavy atom. The molecule has 1 heterocycles. The molecule has 0 fully saturated rings. The number of rotatable bonds is 3. The molecule has 0 radical (unpaired) electrons. The highest BCUT2D eigenvalue weighted by Crippen LogP contribution is 2.16. The highest BCUT2D eigenvalue weighted by molar-refractivity contribution is 5.81. The molecular formula is C12H11N3O. The van der Waals surface area contributed by atoms with Crippen LogP contribution in [0.25, 0.3) is 16.6 Å². The van der Waals surface area contributed by atoms with Gasteiger partial charge in [0.25, 0.3) is 0 Å². The number of allylic oxidation sites excluding steroid dienone is 1. The average molecular weight is 213 g/mol. The summed E-state index contributed by atoms with van der Waals surface area (Å²) in [6.07, 6.45) is 1.43. The van der Waals surface area contributed by atoms with Gasteiger partial charge in [-0.05, 0) is 19.1 Å². The molecule has 0 saturated carbocycles. The van der Waals surface area contributed by atoms with Gasteiger partial charge in [-0.15, -0.1) is 0 Å². The molecule has 4 nitrogen and oxygen atoms in total. The topological polar surface area (TPSA) is 61.7 Å². The van der Waals surface area contributed by atoms with Gasteiger partial charge in [-0.25, -0.2) is 4.98 Å². The first-order chi connectivity index (χ1) is 7.85. The van der Waals surface area contributed by atoms with Gasteiger partial charge in [-0.1, -0.05) is 12.1 Å². The summed E-state index contributed by atoms with van der Waals surface area (Å²) < 4.78 is 5.09. The second kappa shape index (κ2) is 4.49. The zero-order chi connectivity index (χ0) is 11.4. The minimum atomic E-state index is 0.401. The number of imidazole rings is 1. The van der Waals surface area contributed by atoms with Crippen molar-refractivity contribution in [2.45, 2.75) is 6.92 Å². The van der Waals surface area contributed by atoms with Crippen LogP contribution >= 0.6 is 0 Å². The summed E-state index contributed by atoms with van der Waals surface area (Å²) in [4.78, 5) is 7.38. The number of para-hydroxylation sites is 2. The van der Waals surface area contributed by atoms with Gasteiger partial charge >= 0.3 is 0 Å². The molecule has 1 N–H and O–H groups in total. The van der Waals surface area contributed by atoms with Gasteiger partial charge in [0.1, 0.15) is 17.9 Å². The summed E-state index contributed by atoms with van der Waals surface area (Å²) in [6, 6.07) is 9.70. The zero-order valence-corrected chi connectivity index (χ0v) is 8.90. The number of hydrogen-bond donors (Lipinski definition) is 1. The Morgan fingerprint density at radius 1 is 1.56 bits per heavy atom. The maximum Gasteiger partial charge on any atom is 0.152 e. The zero-order valence-electron chi connectivity index (χ0n) is 8.90. The first-order valence-corrected chi connectivity index (χ1v) is 5.02. The molecule has 0 atom stereocenters. The number of nitrogens with zero attached hydrogens (tertiary/aromatic N) is 2. The summed E-state index contributed by atoms with van der Waals surface area (Å²) in [5.41, 5.74) is 2.16. The van der Waals surface area contributed by atoms with Crippen molar-refractivity contribution in [1.82, 2.24) is 9.97 Å². The van der Waals surface area contributed by atoms with Crippen molar-refractivity contribution in [2.24, 2.45) is 0 Å². The maximum atomic E-state index is 8.97. The van der Waals surface area contributed by atoms with Gasteiger partial charge in [0.05, 0.1) is 17.6 Å². The van der Waals surface area contributed by atoms with E-state index in [1.54, 1.807) is 0 Å². The van der Waals surface area contributed by atoms with E-state index in [9.17, 15) is 0 Å². The van der Waals surface area contributed by atoms with Gasteiger partial charge in [0.15, 0.2) is 5.82 Å². The van der Waals surface area contributed by atoms with Gasteiger partial charge < -0.3 is 9.72 Å². The second-order valence-electron chi connectivity index (χ2n) is 3.20. The van der Waals surface area contributed by atoms with Crippen LogP contribution in [-0.4, -0.2) is 16.6 Å². The van der Waals surface area contributed by atoms with E-state index in [-0.39, 0.29) is 0 Å². The molecule has 0 aliphatic rings. The molecule has 2 aromatic rings. The lowest BCUT2D eigenvalue weighted by Gasteiger charge is -1.94. The van der Waals surface area contributed by atoms with Crippen LogP contribution < -0.4 is 0 Å². The molecule has 1 aromatic heterocycles. The van der Waals surface area contributed by atoms with Gasteiger partial charge in [0.2, 0.25) is 0 Å². The van der Waals surface area contributed by atoms with Gasteiger partial charge in [-0.2, -0.15) is 5.26 Å². The summed E-state index contributed by atoms with van der Waals surface area (Å²) >= 11 is 0. The normalized spacial score (nSPS) is 11.4. The molecule has 1 aromatic carbocycles. The lowest BCUT2D eigenvalue weighted by atomic mass is 10.3. The van der Waals surface area contributed by atoms with E-state index in [2.05, 4.69) is 16.0 Å². The van der Waals surface area contributed by atoms with Crippen LogP contribution in [0.3, 0.4) is 0 Å². The molecule has 0 amide bonds. The molecular weight excluding hydrogens is 202 g/mol. The van der Waals surface area contributed by atoms with Crippen molar-refractivity contribution in [1.29, 1.82) is 5.26 Å². The standard InChI is InChI=1S/C12H11N3O/c1-2-16-8-9(7-13)12-14-10-5-3-4-6-11(10)15-12/h3-6,8H,2H2,1H3,(H,14,15)/b9-8+. The number of hydrogen-bond acceptors (Lipinski definition) is 3. The molecule has 80 valence electrons. The largest absolute Gasteiger partial charge is 0.500 e. The fourth-order valence-electron chi connectivity index (χ4n) is 1.38. The minimum absolute atomic E-state index is 0.401. The number of aromatic nitrogens is 2. The Balaban J connectivity index is 2.43. The fraction of sp³-hybridized carbons (Fsp3) is 0.167. The molecule has 0 aliphatic carbocycles. The lowest BCUT2D eigenvalue weighted by Crippen LogP contribution is -1.87. The molecule has 0 spiro atoms. The Kier molecular flexibility index (Phi) is 2.88. The summed E-state index contributed by atoms with van der Waals surface area (Å²) in [7, 11) is 0. The van der Waals surface area contributed by atoms with E-state index in [1.165, 1.54) is 6.26 Å². The molecule has 2 rings (SSSR count). The van der Waals surface area contributed by atoms with Crippen molar-refractivity contribution in [3.05, 3.63) is 36.4 Å². The van der Waals surface area contributed by atoms with Crippen molar-refractivity contribution in [2.75, 3.05) is 6.61 Å². The van der Waals surface area contributed by atoms with Crippen LogP contribution in [0.1, 0.15) is 12.7 Å². The number of nitrogens with one attached hydrogen (secondary N) is 1. The number of ether oxygens (including phenoxy) is 1. The van der Waals surface area contributed by atoms with E-state index in [1.807, 2.05) is 31.2 Å². The third-order valence-electron chi connectivity index (χ3n) is 2.13. The lowest BCUT2D eigenvalue weighted by molar-refractivity contribution is 0.271. The molecule has 0 bridgehead atoms. The van der Waals surface area contributed by atoms with Crippen LogP contribution in [0.5, 0.6) is 0 Å². The molecule has 4 heteroatoms. The van der Waals surface area contributed by atoms with Crippen LogP contribution in [0.4, 0.5) is 0 Å². The average Bonchev–Trinajstić information content (AvgIpc) is 2.73. The highest BCUT2D eigenvalue weighted by Gasteiger charge is 2.07. The van der Waals surface area contributed by atoms with E-state index in [4.69, 9.17) is 10.00 Å². The van der Waals surface area contributed by atoms with Crippen LogP contribution in [0.2, 0.25) is 0 Å². The fourth-order valence-corrected chi connectivity index (χ4v) is 1.38. The van der Waals surface area contributed by atoms with E-state index < -0.39 is 0 Å². The number of nitriles is 1. The van der Waals surface area contributed by atoms with Gasteiger partial charge in [0, 0.05) is 0 Å². The Morgan fingerprint density at radius 2 is 2.38 bits per heavy atom. The SMILES string of the molecule is CCO/C=C(\C#N)c1nc2ccccc2[nH]1. The van der Waals surface area contributed by atoms with Crippen LogP contribution in [-0.2, 0) is 4.74 Å². The number of aromatic amines is 1. The Labute approximate surface area is 93.2 Å². The predicted octanol–water partition coefficient (Wildman–Crippen LogP) is 2.46. The maximum absolute atomic E-state index is 8.97. The monoisotopic (exact) mass is 213 g/mol. The summed E-state index contributed by atoms with van der Waals surface area (Å²) in [5, 5.41) is 8.97. The first kappa shape index (κ1) is 10.2. The third kappa shape index (κ3) is 1.89. The van der Waals surface area contributed by atoms with Crippen molar-refractivity contribution in [3.63, 3.8) is 0 Å². The smallest absolute Gasteiger partial charge is 0.152 e. The van der Waals surface area contributed by atoms with E-state index in [0.29, 0.717) is 18.0 Å². The van der Waals surface area contributed by atoms with Gasteiger partial charge in [-0.3, -0.25) is 0 Å². The predicted molar refractivity (Wildman–Crippen MR) is 61.3 cm³/mol. The quantitative estimate of drug-likeness (QED) is 0.629. The molecule has 0 unspecified atom stereocenters. The third-order valence-corrected chi connectivity index (χ3v) is 2.13. The molecule has 0 aliphatic heterocycles. The number of fused-ring (bicyclic) bond motifs is 1. The number of H-pyrrole nitrogens is 1. The van der Waals surface area contributed by atoms with Crippen molar-refractivity contribution < 1.29 is 4.74 Å². The highest BCUT2D eigenvalue weighted by atomic mass is 16.5. The molecule has 16 heavy (non-hydrogen) atoms. The van der Waals surface area contributed by atoms with Crippen LogP contribution in [0, 0.1) is 11.3 Å². The van der Waals surface area contributed by atoms with Crippen molar-refractivity contribution >= 4 is 16.6 Å². The van der Waals surface area contributed by atoms with Crippen LogP contribution in [0.15, 0.2) is 30.5 Å². The summed E-state index contributed by atoms with van der Waals surface area (Å²) in [5.74, 6) is 0.539. The summed E-state index contributed by atoms with van der Waals surface area (Å²) in [6.45, 7) is 2.40. The van der Waals surface area contributed by atoms with E-state index >= 15 is 0 Å². The first-order valence-electron chi connectivity index (χ1n) is 5.02. The Hall–Kier alpha value is -2.28. The molecule has 0 saturated heterocycles. The number of benzene rings is 1. The second-order valence-corrected chi connectivity index (χ2v) is 3.20. The van der Waals surface area contributed by atoms with E-state index in [0.717, 1.165) is 11.0 Å². The van der Waals surface area contributed by atoms with Crippen molar-refractivity contribution in [3.8, 4) is 6.07 Å².